The number of amides is 1. The maximum atomic E-state index is 13.2. The van der Waals surface area contributed by atoms with Crippen LogP contribution in [0.15, 0.2) is 72.9 Å². The van der Waals surface area contributed by atoms with Crippen molar-refractivity contribution in [2.75, 3.05) is 6.61 Å². The van der Waals surface area contributed by atoms with Crippen LogP contribution in [0, 0.1) is 0 Å². The number of allylic oxidation sites excluding steroid dienone is 12. The molecule has 0 aliphatic rings. The second kappa shape index (κ2) is 50.3. The van der Waals surface area contributed by atoms with Gasteiger partial charge < -0.3 is 20.3 Å². The number of unbranched alkanes of at least 4 members (excludes halogenated alkanes) is 23. The van der Waals surface area contributed by atoms with Gasteiger partial charge in [-0.25, -0.2) is 0 Å². The van der Waals surface area contributed by atoms with Gasteiger partial charge in [0.1, 0.15) is 6.10 Å². The van der Waals surface area contributed by atoms with Crippen molar-refractivity contribution in [2.24, 2.45) is 0 Å². The highest BCUT2D eigenvalue weighted by Gasteiger charge is 2.24. The Morgan fingerprint density at radius 3 is 1.37 bits per heavy atom. The molecule has 3 unspecified atom stereocenters. The molecule has 0 saturated heterocycles. The molecule has 0 aromatic rings. The number of rotatable bonds is 47. The van der Waals surface area contributed by atoms with Crippen molar-refractivity contribution in [3.63, 3.8) is 0 Å². The van der Waals surface area contributed by atoms with Crippen LogP contribution in [0.5, 0.6) is 0 Å². The summed E-state index contributed by atoms with van der Waals surface area (Å²) in [5, 5.41) is 23.8. The Bertz CT molecular complexity index is 1170. The van der Waals surface area contributed by atoms with Crippen LogP contribution >= 0.6 is 0 Å². The molecular formula is C57H101NO5. The van der Waals surface area contributed by atoms with Crippen LogP contribution in [-0.2, 0) is 14.3 Å². The van der Waals surface area contributed by atoms with E-state index in [0.29, 0.717) is 19.3 Å². The van der Waals surface area contributed by atoms with E-state index in [2.05, 4.69) is 99.0 Å². The SMILES string of the molecule is CC/C=C/C/C=C/CCCCCCCCCC(=O)OC(CCC/C=C\C/C=C\C/C=C\C/C=C\CCCCC)CC(=O)NC(CO)C(O)CCCCCCCCCCCCCCC. The Labute approximate surface area is 390 Å². The standard InChI is InChI=1S/C57H101NO5/c1-4-7-10-13-16-19-22-25-27-28-29-31-33-36-39-42-45-48-53(63-57(62)50-47-44-41-38-35-32-26-23-20-17-14-11-8-5-2)51-56(61)58-54(52-59)55(60)49-46-43-40-37-34-30-24-21-18-15-12-9-6-3/h8,11,16-17,19-20,25,27,29,31,36,39,53-55,59-60H,4-7,9-10,12-15,18,21-24,26,28,30,32-35,37-38,40-52H2,1-3H3,(H,58,61)/b11-8+,19-16-,20-17+,27-25-,31-29-,39-36-. The third-order valence-electron chi connectivity index (χ3n) is 11.8. The molecule has 0 heterocycles. The molecule has 3 atom stereocenters. The summed E-state index contributed by atoms with van der Waals surface area (Å²) in [5.41, 5.74) is 0. The maximum Gasteiger partial charge on any atom is 0.306 e. The molecule has 0 fully saturated rings. The molecule has 63 heavy (non-hydrogen) atoms. The summed E-state index contributed by atoms with van der Waals surface area (Å²) in [4.78, 5) is 26.2. The van der Waals surface area contributed by atoms with Gasteiger partial charge in [0.15, 0.2) is 0 Å². The summed E-state index contributed by atoms with van der Waals surface area (Å²) in [7, 11) is 0. The number of carbonyl (C=O) groups excluding carboxylic acids is 2. The van der Waals surface area contributed by atoms with Crippen molar-refractivity contribution in [2.45, 2.75) is 270 Å². The quantitative estimate of drug-likeness (QED) is 0.0321. The first-order valence-corrected chi connectivity index (χ1v) is 26.7. The second-order valence-electron chi connectivity index (χ2n) is 17.9. The third kappa shape index (κ3) is 45.7. The lowest BCUT2D eigenvalue weighted by Crippen LogP contribution is -2.46. The molecule has 0 spiro atoms. The van der Waals surface area contributed by atoms with Gasteiger partial charge in [0.25, 0.3) is 0 Å². The topological polar surface area (TPSA) is 95.9 Å². The van der Waals surface area contributed by atoms with Crippen LogP contribution in [0.1, 0.15) is 252 Å². The first-order chi connectivity index (χ1) is 31.0. The van der Waals surface area contributed by atoms with E-state index in [1.807, 2.05) is 0 Å². The summed E-state index contributed by atoms with van der Waals surface area (Å²) in [6.07, 6.45) is 63.9. The minimum atomic E-state index is -0.806. The first-order valence-electron chi connectivity index (χ1n) is 26.7. The Kier molecular flexibility index (Phi) is 48.1. The Morgan fingerprint density at radius 2 is 0.873 bits per heavy atom. The van der Waals surface area contributed by atoms with Crippen LogP contribution in [0.4, 0.5) is 0 Å². The van der Waals surface area contributed by atoms with Gasteiger partial charge in [-0.2, -0.15) is 0 Å². The zero-order valence-electron chi connectivity index (χ0n) is 41.4. The monoisotopic (exact) mass is 880 g/mol. The normalized spacial score (nSPS) is 13.8. The number of carbonyl (C=O) groups is 2. The van der Waals surface area contributed by atoms with E-state index in [0.717, 1.165) is 89.9 Å². The van der Waals surface area contributed by atoms with Crippen LogP contribution in [0.2, 0.25) is 0 Å². The zero-order valence-corrected chi connectivity index (χ0v) is 41.4. The van der Waals surface area contributed by atoms with Crippen LogP contribution in [-0.4, -0.2) is 46.9 Å². The number of aliphatic hydroxyl groups is 2. The van der Waals surface area contributed by atoms with E-state index in [9.17, 15) is 19.8 Å². The van der Waals surface area contributed by atoms with Crippen LogP contribution in [0.3, 0.4) is 0 Å². The molecule has 3 N–H and O–H groups in total. The molecule has 0 aliphatic heterocycles. The van der Waals surface area contributed by atoms with Crippen molar-refractivity contribution in [1.82, 2.24) is 5.32 Å². The summed E-state index contributed by atoms with van der Waals surface area (Å²) >= 11 is 0. The van der Waals surface area contributed by atoms with Crippen molar-refractivity contribution in [3.8, 4) is 0 Å². The van der Waals surface area contributed by atoms with Gasteiger partial charge in [-0.3, -0.25) is 9.59 Å². The Hall–Kier alpha value is -2.70. The zero-order chi connectivity index (χ0) is 45.9. The van der Waals surface area contributed by atoms with Crippen LogP contribution in [0.25, 0.3) is 0 Å². The van der Waals surface area contributed by atoms with Gasteiger partial charge in [-0.1, -0.05) is 222 Å². The third-order valence-corrected chi connectivity index (χ3v) is 11.8. The molecule has 0 aromatic carbocycles. The number of ether oxygens (including phenoxy) is 1. The summed E-state index contributed by atoms with van der Waals surface area (Å²) in [6, 6.07) is -0.723. The minimum absolute atomic E-state index is 0.0347. The average Bonchev–Trinajstić information content (AvgIpc) is 3.28. The summed E-state index contributed by atoms with van der Waals surface area (Å²) < 4.78 is 5.91. The number of hydrogen-bond donors (Lipinski definition) is 3. The molecule has 1 amide bonds. The predicted octanol–water partition coefficient (Wildman–Crippen LogP) is 16.2. The van der Waals surface area contributed by atoms with Crippen molar-refractivity contribution < 1.29 is 24.5 Å². The van der Waals surface area contributed by atoms with Gasteiger partial charge in [0, 0.05) is 6.42 Å². The lowest BCUT2D eigenvalue weighted by molar-refractivity contribution is -0.151. The molecule has 0 radical (unpaired) electrons. The number of nitrogens with one attached hydrogen (secondary N) is 1. The molecule has 0 saturated carbocycles. The molecule has 6 heteroatoms. The number of hydrogen-bond acceptors (Lipinski definition) is 5. The van der Waals surface area contributed by atoms with Gasteiger partial charge in [-0.05, 0) is 89.9 Å². The summed E-state index contributed by atoms with van der Waals surface area (Å²) in [6.45, 7) is 6.34. The highest BCUT2D eigenvalue weighted by atomic mass is 16.5. The summed E-state index contributed by atoms with van der Waals surface area (Å²) in [5.74, 6) is -0.537. The van der Waals surface area contributed by atoms with Crippen molar-refractivity contribution >= 4 is 11.9 Å². The van der Waals surface area contributed by atoms with Gasteiger partial charge >= 0.3 is 5.97 Å². The van der Waals surface area contributed by atoms with E-state index in [1.54, 1.807) is 0 Å². The Morgan fingerprint density at radius 1 is 0.476 bits per heavy atom. The molecule has 6 nitrogen and oxygen atoms in total. The highest BCUT2D eigenvalue weighted by Crippen LogP contribution is 2.17. The fourth-order valence-corrected chi connectivity index (χ4v) is 7.75. The van der Waals surface area contributed by atoms with Crippen molar-refractivity contribution in [3.05, 3.63) is 72.9 Å². The fourth-order valence-electron chi connectivity index (χ4n) is 7.75. The maximum absolute atomic E-state index is 13.2. The molecule has 0 aliphatic carbocycles. The lowest BCUT2D eigenvalue weighted by Gasteiger charge is -2.24. The van der Waals surface area contributed by atoms with E-state index < -0.39 is 18.2 Å². The molecule has 364 valence electrons. The highest BCUT2D eigenvalue weighted by molar-refractivity contribution is 5.77. The molecular weight excluding hydrogens is 779 g/mol. The number of esters is 1. The predicted molar refractivity (Wildman–Crippen MR) is 273 cm³/mol. The number of aliphatic hydroxyl groups excluding tert-OH is 2. The van der Waals surface area contributed by atoms with E-state index in [-0.39, 0.29) is 24.9 Å². The minimum Gasteiger partial charge on any atom is -0.462 e. The second-order valence-corrected chi connectivity index (χ2v) is 17.9. The van der Waals surface area contributed by atoms with E-state index in [4.69, 9.17) is 4.74 Å². The van der Waals surface area contributed by atoms with Gasteiger partial charge in [0.05, 0.1) is 25.2 Å². The average molecular weight is 880 g/mol. The molecule has 0 bridgehead atoms. The lowest BCUT2D eigenvalue weighted by atomic mass is 10.0. The van der Waals surface area contributed by atoms with Gasteiger partial charge in [0.2, 0.25) is 5.91 Å². The Balaban J connectivity index is 4.70. The van der Waals surface area contributed by atoms with E-state index >= 15 is 0 Å². The van der Waals surface area contributed by atoms with Gasteiger partial charge in [-0.15, -0.1) is 0 Å². The largest absolute Gasteiger partial charge is 0.462 e. The fraction of sp³-hybridized carbons (Fsp3) is 0.754. The molecule has 0 aromatic heterocycles. The molecule has 0 rings (SSSR count). The van der Waals surface area contributed by atoms with Crippen molar-refractivity contribution in [1.29, 1.82) is 0 Å². The van der Waals surface area contributed by atoms with Crippen LogP contribution < -0.4 is 5.32 Å². The smallest absolute Gasteiger partial charge is 0.306 e. The van der Waals surface area contributed by atoms with E-state index in [1.165, 1.54) is 116 Å². The first kappa shape index (κ1) is 60.3.